The maximum absolute atomic E-state index is 12.9. The van der Waals surface area contributed by atoms with Gasteiger partial charge in [0.25, 0.3) is 5.91 Å². The first-order valence-electron chi connectivity index (χ1n) is 6.82. The molecule has 0 atom stereocenters. The lowest BCUT2D eigenvalue weighted by Crippen LogP contribution is -2.11. The molecule has 1 N–H and O–H groups in total. The number of nitrogens with one attached hydrogen (secondary N) is 1. The van der Waals surface area contributed by atoms with Crippen molar-refractivity contribution < 1.29 is 18.3 Å². The highest BCUT2D eigenvalue weighted by atomic mass is 32.1. The fraction of sp³-hybridized carbons (Fsp3) is 0.125. The van der Waals surface area contributed by atoms with Gasteiger partial charge in [0.2, 0.25) is 0 Å². The molecule has 1 aromatic heterocycles. The average Bonchev–Trinajstić information content (AvgIpc) is 2.94. The Morgan fingerprint density at radius 2 is 2.00 bits per heavy atom. The van der Waals surface area contributed by atoms with E-state index in [1.54, 1.807) is 18.2 Å². The lowest BCUT2D eigenvalue weighted by molar-refractivity contribution is 0.102. The first kappa shape index (κ1) is 15.4. The summed E-state index contributed by atoms with van der Waals surface area (Å²) in [4.78, 5) is 16.4. The van der Waals surface area contributed by atoms with E-state index in [9.17, 15) is 13.6 Å². The van der Waals surface area contributed by atoms with Crippen molar-refractivity contribution in [1.82, 2.24) is 4.98 Å². The second kappa shape index (κ2) is 6.70. The van der Waals surface area contributed by atoms with E-state index in [4.69, 9.17) is 4.74 Å². The summed E-state index contributed by atoms with van der Waals surface area (Å²) < 4.78 is 31.0. The molecule has 2 aromatic carbocycles. The number of benzene rings is 2. The third-order valence-corrected chi connectivity index (χ3v) is 3.97. The molecule has 0 radical (unpaired) electrons. The van der Waals surface area contributed by atoms with Crippen LogP contribution < -0.4 is 10.1 Å². The van der Waals surface area contributed by atoms with Gasteiger partial charge in [0.1, 0.15) is 24.8 Å². The summed E-state index contributed by atoms with van der Waals surface area (Å²) in [6.45, 7) is -0.557. The molecule has 0 aliphatic carbocycles. The van der Waals surface area contributed by atoms with Crippen LogP contribution in [0.5, 0.6) is 5.75 Å². The number of hydrogen-bond acceptors (Lipinski definition) is 4. The number of halogens is 2. The zero-order valence-electron chi connectivity index (χ0n) is 11.9. The second-order valence-electron chi connectivity index (χ2n) is 4.65. The van der Waals surface area contributed by atoms with Crippen LogP contribution in [0.1, 0.15) is 10.4 Å². The Balaban J connectivity index is 1.77. The molecule has 1 amide bonds. The molecule has 0 bridgehead atoms. The number of nitrogens with zero attached hydrogens (tertiary/aromatic N) is 1. The Bertz CT molecular complexity index is 834. The van der Waals surface area contributed by atoms with Gasteiger partial charge in [0.05, 0.1) is 10.2 Å². The van der Waals surface area contributed by atoms with Crippen molar-refractivity contribution in [3.8, 4) is 5.75 Å². The molecule has 0 fully saturated rings. The van der Waals surface area contributed by atoms with Gasteiger partial charge in [-0.05, 0) is 42.5 Å². The Kier molecular flexibility index (Phi) is 4.47. The summed E-state index contributed by atoms with van der Waals surface area (Å²) in [6.07, 6.45) is 0. The van der Waals surface area contributed by atoms with E-state index >= 15 is 0 Å². The summed E-state index contributed by atoms with van der Waals surface area (Å²) in [5.41, 5.74) is 1.05. The molecule has 3 aromatic rings. The summed E-state index contributed by atoms with van der Waals surface area (Å²) in [6, 6.07) is 10.4. The van der Waals surface area contributed by atoms with Crippen LogP contribution in [0.3, 0.4) is 0 Å². The van der Waals surface area contributed by atoms with Crippen molar-refractivity contribution in [3.05, 3.63) is 53.8 Å². The molecule has 0 spiro atoms. The quantitative estimate of drug-likeness (QED) is 0.766. The number of carbonyl (C=O) groups excluding carboxylic acids is 1. The standard InChI is InChI=1S/C16H12F2N2O2S/c17-7-8-22-12-5-6-13-14(9-12)23-16(19-13)20-15(21)10-1-3-11(18)4-2-10/h1-6,9H,7-8H2,(H,19,20,21). The van der Waals surface area contributed by atoms with Gasteiger partial charge >= 0.3 is 0 Å². The number of fused-ring (bicyclic) bond motifs is 1. The molecule has 23 heavy (non-hydrogen) atoms. The highest BCUT2D eigenvalue weighted by Gasteiger charge is 2.10. The molecule has 0 aliphatic rings. The summed E-state index contributed by atoms with van der Waals surface area (Å²) in [5.74, 6) is -0.212. The van der Waals surface area contributed by atoms with Crippen LogP contribution in [0.4, 0.5) is 13.9 Å². The Morgan fingerprint density at radius 3 is 2.74 bits per heavy atom. The Labute approximate surface area is 134 Å². The predicted octanol–water partition coefficient (Wildman–Crippen LogP) is 4.04. The summed E-state index contributed by atoms with van der Waals surface area (Å²) in [7, 11) is 0. The van der Waals surface area contributed by atoms with E-state index in [1.807, 2.05) is 0 Å². The molecule has 0 unspecified atom stereocenters. The second-order valence-corrected chi connectivity index (χ2v) is 5.68. The third kappa shape index (κ3) is 3.62. The number of aromatic nitrogens is 1. The fourth-order valence-corrected chi connectivity index (χ4v) is 2.86. The van der Waals surface area contributed by atoms with Gasteiger partial charge in [-0.2, -0.15) is 0 Å². The highest BCUT2D eigenvalue weighted by molar-refractivity contribution is 7.22. The third-order valence-electron chi connectivity index (χ3n) is 3.03. The van der Waals surface area contributed by atoms with Crippen LogP contribution in [0, 0.1) is 5.82 Å². The first-order valence-corrected chi connectivity index (χ1v) is 7.63. The van der Waals surface area contributed by atoms with E-state index in [0.29, 0.717) is 22.0 Å². The van der Waals surface area contributed by atoms with Gasteiger partial charge in [-0.25, -0.2) is 13.8 Å². The van der Waals surface area contributed by atoms with Crippen molar-refractivity contribution in [2.75, 3.05) is 18.6 Å². The van der Waals surface area contributed by atoms with Crippen molar-refractivity contribution in [2.24, 2.45) is 0 Å². The van der Waals surface area contributed by atoms with Crippen molar-refractivity contribution in [2.45, 2.75) is 0 Å². The monoisotopic (exact) mass is 334 g/mol. The summed E-state index contributed by atoms with van der Waals surface area (Å²) >= 11 is 1.28. The minimum Gasteiger partial charge on any atom is -0.491 e. The number of amides is 1. The molecule has 1 heterocycles. The largest absolute Gasteiger partial charge is 0.491 e. The number of anilines is 1. The number of ether oxygens (including phenoxy) is 1. The van der Waals surface area contributed by atoms with Crippen LogP contribution >= 0.6 is 11.3 Å². The van der Waals surface area contributed by atoms with Crippen LogP contribution in [0.15, 0.2) is 42.5 Å². The lowest BCUT2D eigenvalue weighted by Gasteiger charge is -2.01. The number of rotatable bonds is 5. The van der Waals surface area contributed by atoms with Crippen LogP contribution in [-0.4, -0.2) is 24.2 Å². The van der Waals surface area contributed by atoms with E-state index in [2.05, 4.69) is 10.3 Å². The highest BCUT2D eigenvalue weighted by Crippen LogP contribution is 2.29. The number of thiazole rings is 1. The van der Waals surface area contributed by atoms with Gasteiger partial charge in [-0.3, -0.25) is 10.1 Å². The van der Waals surface area contributed by atoms with Crippen molar-refractivity contribution >= 4 is 32.6 Å². The lowest BCUT2D eigenvalue weighted by atomic mass is 10.2. The maximum atomic E-state index is 12.9. The Morgan fingerprint density at radius 1 is 1.22 bits per heavy atom. The van der Waals surface area contributed by atoms with E-state index in [1.165, 1.54) is 35.6 Å². The molecule has 0 saturated heterocycles. The molecular weight excluding hydrogens is 322 g/mol. The van der Waals surface area contributed by atoms with Crippen LogP contribution in [0.2, 0.25) is 0 Å². The van der Waals surface area contributed by atoms with Gasteiger partial charge in [-0.1, -0.05) is 11.3 Å². The molecule has 118 valence electrons. The molecular formula is C16H12F2N2O2S. The van der Waals surface area contributed by atoms with E-state index in [0.717, 1.165) is 4.70 Å². The number of carbonyl (C=O) groups is 1. The van der Waals surface area contributed by atoms with E-state index < -0.39 is 12.5 Å². The minimum atomic E-state index is -0.556. The predicted molar refractivity (Wildman–Crippen MR) is 85.4 cm³/mol. The van der Waals surface area contributed by atoms with Gasteiger partial charge in [-0.15, -0.1) is 0 Å². The van der Waals surface area contributed by atoms with Gasteiger partial charge in [0.15, 0.2) is 5.13 Å². The van der Waals surface area contributed by atoms with Crippen molar-refractivity contribution in [3.63, 3.8) is 0 Å². The Hall–Kier alpha value is -2.54. The van der Waals surface area contributed by atoms with Crippen LogP contribution in [0.25, 0.3) is 10.2 Å². The zero-order chi connectivity index (χ0) is 16.2. The van der Waals surface area contributed by atoms with Gasteiger partial charge < -0.3 is 4.74 Å². The fourth-order valence-electron chi connectivity index (χ4n) is 1.98. The molecule has 7 heteroatoms. The van der Waals surface area contributed by atoms with Gasteiger partial charge in [0, 0.05) is 5.56 Å². The smallest absolute Gasteiger partial charge is 0.257 e. The molecule has 0 saturated carbocycles. The average molecular weight is 334 g/mol. The van der Waals surface area contributed by atoms with E-state index in [-0.39, 0.29) is 12.5 Å². The molecule has 3 rings (SSSR count). The van der Waals surface area contributed by atoms with Crippen LogP contribution in [-0.2, 0) is 0 Å². The number of hydrogen-bond donors (Lipinski definition) is 1. The number of alkyl halides is 1. The minimum absolute atomic E-state index is 0.00152. The SMILES string of the molecule is O=C(Nc1nc2ccc(OCCF)cc2s1)c1ccc(F)cc1. The summed E-state index contributed by atoms with van der Waals surface area (Å²) in [5, 5.41) is 3.10. The normalized spacial score (nSPS) is 10.7. The van der Waals surface area contributed by atoms with Crippen molar-refractivity contribution in [1.29, 1.82) is 0 Å². The first-order chi connectivity index (χ1) is 11.2. The molecule has 0 aliphatic heterocycles. The topological polar surface area (TPSA) is 51.2 Å². The molecule has 4 nitrogen and oxygen atoms in total. The maximum Gasteiger partial charge on any atom is 0.257 e. The zero-order valence-corrected chi connectivity index (χ0v) is 12.7.